The summed E-state index contributed by atoms with van der Waals surface area (Å²) in [4.78, 5) is 2.26. The molecule has 1 aromatic heterocycles. The van der Waals surface area contributed by atoms with Crippen LogP contribution in [0.1, 0.15) is 43.7 Å². The normalized spacial score (nSPS) is 16.0. The zero-order valence-corrected chi connectivity index (χ0v) is 11.6. The Labute approximate surface area is 116 Å². The average Bonchev–Trinajstić information content (AvgIpc) is 2.48. The zero-order chi connectivity index (χ0) is 13.5. The summed E-state index contributed by atoms with van der Waals surface area (Å²) >= 11 is 0. The first kappa shape index (κ1) is 13.8. The molecule has 0 amide bonds. The minimum absolute atomic E-state index is 0.564. The molecule has 19 heavy (non-hydrogen) atoms. The van der Waals surface area contributed by atoms with Gasteiger partial charge in [-0.3, -0.25) is 0 Å². The minimum atomic E-state index is 0.564. The Morgan fingerprint density at radius 1 is 1.16 bits per heavy atom. The molecule has 1 saturated carbocycles. The molecule has 1 fully saturated rings. The van der Waals surface area contributed by atoms with Gasteiger partial charge in [-0.25, -0.2) is 0 Å². The molecule has 3 heteroatoms. The third-order valence-corrected chi connectivity index (χ3v) is 3.76. The number of hydrogen-bond donors (Lipinski definition) is 0. The van der Waals surface area contributed by atoms with Gasteiger partial charge in [-0.2, -0.15) is 10.2 Å². The molecule has 0 saturated heterocycles. The standard InChI is InChI=1S/C16H23N3/c1-3-12-19(13-4-2)15-10-11-17-18-16(15)14-8-6-5-7-9-14/h3-4,10-11,14H,1-2,5-9,12-13H2. The van der Waals surface area contributed by atoms with Crippen molar-refractivity contribution in [2.75, 3.05) is 18.0 Å². The maximum absolute atomic E-state index is 4.43. The first-order valence-corrected chi connectivity index (χ1v) is 7.15. The van der Waals surface area contributed by atoms with Gasteiger partial charge in [0.2, 0.25) is 0 Å². The molecule has 0 spiro atoms. The van der Waals surface area contributed by atoms with Crippen molar-refractivity contribution in [1.29, 1.82) is 0 Å². The molecule has 0 aliphatic heterocycles. The highest BCUT2D eigenvalue weighted by atomic mass is 15.2. The molecule has 0 N–H and O–H groups in total. The smallest absolute Gasteiger partial charge is 0.0894 e. The van der Waals surface area contributed by atoms with Crippen molar-refractivity contribution in [3.8, 4) is 0 Å². The molecule has 0 radical (unpaired) electrons. The number of nitrogens with zero attached hydrogens (tertiary/aromatic N) is 3. The maximum Gasteiger partial charge on any atom is 0.0894 e. The van der Waals surface area contributed by atoms with E-state index >= 15 is 0 Å². The van der Waals surface area contributed by atoms with Crippen LogP contribution in [0.2, 0.25) is 0 Å². The Morgan fingerprint density at radius 2 is 1.84 bits per heavy atom. The van der Waals surface area contributed by atoms with E-state index in [9.17, 15) is 0 Å². The van der Waals surface area contributed by atoms with Crippen LogP contribution < -0.4 is 4.90 Å². The summed E-state index contributed by atoms with van der Waals surface area (Å²) in [6, 6.07) is 2.07. The van der Waals surface area contributed by atoms with Crippen LogP contribution in [0.3, 0.4) is 0 Å². The molecular weight excluding hydrogens is 234 g/mol. The molecule has 1 aromatic rings. The van der Waals surface area contributed by atoms with E-state index < -0.39 is 0 Å². The van der Waals surface area contributed by atoms with Crippen molar-refractivity contribution >= 4 is 5.69 Å². The fourth-order valence-electron chi connectivity index (χ4n) is 2.85. The summed E-state index contributed by atoms with van der Waals surface area (Å²) < 4.78 is 0. The first-order valence-electron chi connectivity index (χ1n) is 7.15. The van der Waals surface area contributed by atoms with E-state index in [4.69, 9.17) is 0 Å². The average molecular weight is 257 g/mol. The lowest BCUT2D eigenvalue weighted by atomic mass is 9.86. The van der Waals surface area contributed by atoms with Crippen molar-refractivity contribution in [1.82, 2.24) is 10.2 Å². The SMILES string of the molecule is C=CCN(CC=C)c1ccnnc1C1CCCCC1. The summed E-state index contributed by atoms with van der Waals surface area (Å²) in [5.74, 6) is 0.564. The van der Waals surface area contributed by atoms with Crippen LogP contribution in [0.15, 0.2) is 37.6 Å². The number of hydrogen-bond acceptors (Lipinski definition) is 3. The van der Waals surface area contributed by atoms with Gasteiger partial charge in [-0.15, -0.1) is 13.2 Å². The highest BCUT2D eigenvalue weighted by Gasteiger charge is 2.22. The van der Waals surface area contributed by atoms with E-state index in [1.54, 1.807) is 6.20 Å². The molecule has 1 aliphatic carbocycles. The molecule has 3 nitrogen and oxygen atoms in total. The van der Waals surface area contributed by atoms with Crippen molar-refractivity contribution in [2.24, 2.45) is 0 Å². The van der Waals surface area contributed by atoms with E-state index in [-0.39, 0.29) is 0 Å². The fraction of sp³-hybridized carbons (Fsp3) is 0.500. The molecule has 0 unspecified atom stereocenters. The van der Waals surface area contributed by atoms with Gasteiger partial charge in [0, 0.05) is 19.0 Å². The van der Waals surface area contributed by atoms with Gasteiger partial charge in [0.15, 0.2) is 0 Å². The second kappa shape index (κ2) is 7.07. The van der Waals surface area contributed by atoms with Crippen LogP contribution in [0.25, 0.3) is 0 Å². The summed E-state index contributed by atoms with van der Waals surface area (Å²) in [5.41, 5.74) is 2.35. The van der Waals surface area contributed by atoms with Crippen LogP contribution in [0.4, 0.5) is 5.69 Å². The molecular formula is C16H23N3. The molecule has 2 rings (SSSR count). The number of aromatic nitrogens is 2. The van der Waals surface area contributed by atoms with E-state index in [0.717, 1.165) is 18.8 Å². The Morgan fingerprint density at radius 3 is 2.47 bits per heavy atom. The predicted molar refractivity (Wildman–Crippen MR) is 80.5 cm³/mol. The van der Waals surface area contributed by atoms with Gasteiger partial charge in [-0.05, 0) is 18.9 Å². The number of anilines is 1. The van der Waals surface area contributed by atoms with Crippen molar-refractivity contribution in [3.05, 3.63) is 43.3 Å². The molecule has 1 aliphatic rings. The molecule has 0 aromatic carbocycles. The highest BCUT2D eigenvalue weighted by molar-refractivity contribution is 5.52. The quantitative estimate of drug-likeness (QED) is 0.728. The van der Waals surface area contributed by atoms with Gasteiger partial charge in [0.05, 0.1) is 17.6 Å². The summed E-state index contributed by atoms with van der Waals surface area (Å²) in [6.45, 7) is 9.31. The molecule has 1 heterocycles. The second-order valence-electron chi connectivity index (χ2n) is 5.12. The molecule has 102 valence electrons. The van der Waals surface area contributed by atoms with Crippen LogP contribution >= 0.6 is 0 Å². The van der Waals surface area contributed by atoms with E-state index in [2.05, 4.69) is 34.3 Å². The Balaban J connectivity index is 2.27. The summed E-state index contributed by atoms with van der Waals surface area (Å²) in [6.07, 6.45) is 12.1. The Kier molecular flexibility index (Phi) is 5.13. The lowest BCUT2D eigenvalue weighted by molar-refractivity contribution is 0.434. The monoisotopic (exact) mass is 257 g/mol. The van der Waals surface area contributed by atoms with Crippen molar-refractivity contribution < 1.29 is 0 Å². The summed E-state index contributed by atoms with van der Waals surface area (Å²) in [5, 5.41) is 8.52. The third kappa shape index (κ3) is 3.43. The second-order valence-corrected chi connectivity index (χ2v) is 5.12. The lowest BCUT2D eigenvalue weighted by Gasteiger charge is -2.28. The molecule has 0 bridgehead atoms. The van der Waals surface area contributed by atoms with E-state index in [0.29, 0.717) is 5.92 Å². The van der Waals surface area contributed by atoms with Gasteiger partial charge in [-0.1, -0.05) is 31.4 Å². The third-order valence-electron chi connectivity index (χ3n) is 3.76. The van der Waals surface area contributed by atoms with Crippen molar-refractivity contribution in [3.63, 3.8) is 0 Å². The largest absolute Gasteiger partial charge is 0.363 e. The Bertz CT molecular complexity index is 412. The number of rotatable bonds is 6. The lowest BCUT2D eigenvalue weighted by Crippen LogP contribution is -2.26. The van der Waals surface area contributed by atoms with Crippen LogP contribution in [-0.2, 0) is 0 Å². The Hall–Kier alpha value is -1.64. The fourth-order valence-corrected chi connectivity index (χ4v) is 2.85. The van der Waals surface area contributed by atoms with E-state index in [1.807, 2.05) is 12.2 Å². The maximum atomic E-state index is 4.43. The van der Waals surface area contributed by atoms with Crippen molar-refractivity contribution in [2.45, 2.75) is 38.0 Å². The van der Waals surface area contributed by atoms with Crippen LogP contribution in [0, 0.1) is 0 Å². The zero-order valence-electron chi connectivity index (χ0n) is 11.6. The topological polar surface area (TPSA) is 29.0 Å². The van der Waals surface area contributed by atoms with Gasteiger partial charge >= 0.3 is 0 Å². The molecule has 0 atom stereocenters. The van der Waals surface area contributed by atoms with E-state index in [1.165, 1.54) is 37.8 Å². The summed E-state index contributed by atoms with van der Waals surface area (Å²) in [7, 11) is 0. The van der Waals surface area contributed by atoms with Gasteiger partial charge in [0.25, 0.3) is 0 Å². The van der Waals surface area contributed by atoms with Gasteiger partial charge < -0.3 is 4.90 Å². The van der Waals surface area contributed by atoms with Gasteiger partial charge in [0.1, 0.15) is 0 Å². The predicted octanol–water partition coefficient (Wildman–Crippen LogP) is 3.70. The first-order chi connectivity index (χ1) is 9.36. The minimum Gasteiger partial charge on any atom is -0.363 e. The van der Waals surface area contributed by atoms with Crippen LogP contribution in [0.5, 0.6) is 0 Å². The van der Waals surface area contributed by atoms with Crippen LogP contribution in [-0.4, -0.2) is 23.3 Å². The highest BCUT2D eigenvalue weighted by Crippen LogP contribution is 2.35.